The highest BCUT2D eigenvalue weighted by molar-refractivity contribution is 9.11. The zero-order chi connectivity index (χ0) is 10.8. The van der Waals surface area contributed by atoms with Gasteiger partial charge in [0.2, 0.25) is 5.91 Å². The van der Waals surface area contributed by atoms with E-state index in [-0.39, 0.29) is 5.91 Å². The first kappa shape index (κ1) is 10.8. The molecule has 0 bridgehead atoms. The van der Waals surface area contributed by atoms with Crippen LogP contribution in [0.3, 0.4) is 0 Å². The number of aromatic nitrogens is 1. The number of halogens is 1. The summed E-state index contributed by atoms with van der Waals surface area (Å²) in [6.45, 7) is 1.47. The Morgan fingerprint density at radius 2 is 2.40 bits per heavy atom. The van der Waals surface area contributed by atoms with E-state index in [2.05, 4.69) is 26.2 Å². The van der Waals surface area contributed by atoms with Gasteiger partial charge in [-0.25, -0.2) is 4.98 Å². The number of thiazole rings is 1. The van der Waals surface area contributed by atoms with Crippen molar-refractivity contribution in [2.75, 3.05) is 5.32 Å². The van der Waals surface area contributed by atoms with Crippen molar-refractivity contribution in [3.8, 4) is 10.6 Å². The lowest BCUT2D eigenvalue weighted by molar-refractivity contribution is -0.114. The molecule has 15 heavy (non-hydrogen) atoms. The summed E-state index contributed by atoms with van der Waals surface area (Å²) in [5.74, 6) is -0.103. The number of amides is 1. The number of nitrogens with zero attached hydrogens (tertiary/aromatic N) is 1. The zero-order valence-electron chi connectivity index (χ0n) is 7.78. The SMILES string of the molecule is CC(=O)Nc1nc(-c2cccs2)c(Br)s1. The molecule has 0 unspecified atom stereocenters. The average Bonchev–Trinajstić information content (AvgIpc) is 2.72. The minimum atomic E-state index is -0.103. The van der Waals surface area contributed by atoms with Crippen molar-refractivity contribution < 1.29 is 4.79 Å². The van der Waals surface area contributed by atoms with Crippen molar-refractivity contribution in [2.24, 2.45) is 0 Å². The van der Waals surface area contributed by atoms with E-state index in [0.29, 0.717) is 5.13 Å². The van der Waals surface area contributed by atoms with Gasteiger partial charge in [-0.15, -0.1) is 11.3 Å². The standard InChI is InChI=1S/C9H7BrN2OS2/c1-5(13)11-9-12-7(8(10)15-9)6-3-2-4-14-6/h2-4H,1H3,(H,11,12,13). The second-order valence-electron chi connectivity index (χ2n) is 2.80. The Morgan fingerprint density at radius 1 is 1.60 bits per heavy atom. The van der Waals surface area contributed by atoms with E-state index < -0.39 is 0 Å². The molecule has 3 nitrogen and oxygen atoms in total. The summed E-state index contributed by atoms with van der Waals surface area (Å²) in [5.41, 5.74) is 0.888. The highest BCUT2D eigenvalue weighted by Crippen LogP contribution is 2.37. The van der Waals surface area contributed by atoms with E-state index in [1.807, 2.05) is 17.5 Å². The number of rotatable bonds is 2. The third-order valence-corrected chi connectivity index (χ3v) is 4.12. The van der Waals surface area contributed by atoms with Gasteiger partial charge in [-0.1, -0.05) is 17.4 Å². The smallest absolute Gasteiger partial charge is 0.223 e. The van der Waals surface area contributed by atoms with Crippen LogP contribution in [0.25, 0.3) is 10.6 Å². The molecule has 0 aliphatic carbocycles. The molecule has 2 heterocycles. The Kier molecular flexibility index (Phi) is 3.18. The summed E-state index contributed by atoms with van der Waals surface area (Å²) >= 11 is 6.48. The van der Waals surface area contributed by atoms with Crippen LogP contribution in [0.4, 0.5) is 5.13 Å². The van der Waals surface area contributed by atoms with Crippen LogP contribution in [-0.4, -0.2) is 10.9 Å². The molecule has 78 valence electrons. The monoisotopic (exact) mass is 302 g/mol. The fraction of sp³-hybridized carbons (Fsp3) is 0.111. The molecule has 0 fully saturated rings. The Balaban J connectivity index is 2.34. The molecule has 2 aromatic heterocycles. The largest absolute Gasteiger partial charge is 0.302 e. The lowest BCUT2D eigenvalue weighted by Gasteiger charge is -1.92. The number of thiophene rings is 1. The summed E-state index contributed by atoms with van der Waals surface area (Å²) < 4.78 is 0.939. The maximum atomic E-state index is 10.9. The number of hydrogen-bond acceptors (Lipinski definition) is 4. The van der Waals surface area contributed by atoms with E-state index >= 15 is 0 Å². The van der Waals surface area contributed by atoms with Gasteiger partial charge in [0.05, 0.1) is 4.88 Å². The van der Waals surface area contributed by atoms with Gasteiger partial charge >= 0.3 is 0 Å². The minimum absolute atomic E-state index is 0.103. The van der Waals surface area contributed by atoms with Crippen LogP contribution in [0.1, 0.15) is 6.92 Å². The normalized spacial score (nSPS) is 10.3. The van der Waals surface area contributed by atoms with Crippen molar-refractivity contribution >= 4 is 49.6 Å². The lowest BCUT2D eigenvalue weighted by Crippen LogP contribution is -2.04. The number of anilines is 1. The third kappa shape index (κ3) is 2.45. The van der Waals surface area contributed by atoms with Crippen molar-refractivity contribution in [1.29, 1.82) is 0 Å². The zero-order valence-corrected chi connectivity index (χ0v) is 11.0. The molecular weight excluding hydrogens is 296 g/mol. The van der Waals surface area contributed by atoms with Crippen LogP contribution < -0.4 is 5.32 Å². The summed E-state index contributed by atoms with van der Waals surface area (Å²) in [6.07, 6.45) is 0. The number of hydrogen-bond donors (Lipinski definition) is 1. The minimum Gasteiger partial charge on any atom is -0.302 e. The van der Waals surface area contributed by atoms with Gasteiger partial charge in [0.1, 0.15) is 9.48 Å². The number of carbonyl (C=O) groups excluding carboxylic acids is 1. The molecule has 2 aromatic rings. The second-order valence-corrected chi connectivity index (χ2v) is 6.06. The van der Waals surface area contributed by atoms with E-state index in [1.165, 1.54) is 18.3 Å². The fourth-order valence-corrected chi connectivity index (χ4v) is 3.50. The molecule has 0 aromatic carbocycles. The molecule has 0 atom stereocenters. The lowest BCUT2D eigenvalue weighted by atomic mass is 10.4. The molecule has 1 N–H and O–H groups in total. The third-order valence-electron chi connectivity index (χ3n) is 1.62. The van der Waals surface area contributed by atoms with Crippen LogP contribution in [0, 0.1) is 0 Å². The molecule has 0 saturated carbocycles. The predicted molar refractivity (Wildman–Crippen MR) is 67.4 cm³/mol. The van der Waals surface area contributed by atoms with Gasteiger partial charge < -0.3 is 5.32 Å². The quantitative estimate of drug-likeness (QED) is 0.921. The van der Waals surface area contributed by atoms with Gasteiger partial charge in [-0.2, -0.15) is 0 Å². The van der Waals surface area contributed by atoms with Crippen molar-refractivity contribution in [2.45, 2.75) is 6.92 Å². The molecule has 2 rings (SSSR count). The molecule has 0 aliphatic heterocycles. The van der Waals surface area contributed by atoms with E-state index in [4.69, 9.17) is 0 Å². The maximum Gasteiger partial charge on any atom is 0.223 e. The van der Waals surface area contributed by atoms with E-state index in [9.17, 15) is 4.79 Å². The molecule has 0 saturated heterocycles. The first-order chi connectivity index (χ1) is 7.16. The summed E-state index contributed by atoms with van der Waals surface area (Å²) in [5, 5.41) is 5.29. The fourth-order valence-electron chi connectivity index (χ4n) is 1.07. The second kappa shape index (κ2) is 4.42. The summed E-state index contributed by atoms with van der Waals surface area (Å²) in [6, 6.07) is 3.98. The van der Waals surface area contributed by atoms with Crippen molar-refractivity contribution in [1.82, 2.24) is 4.98 Å². The first-order valence-electron chi connectivity index (χ1n) is 4.14. The van der Waals surface area contributed by atoms with Crippen LogP contribution >= 0.6 is 38.6 Å². The van der Waals surface area contributed by atoms with Gasteiger partial charge in [0.15, 0.2) is 5.13 Å². The van der Waals surface area contributed by atoms with Crippen LogP contribution in [-0.2, 0) is 4.79 Å². The Morgan fingerprint density at radius 3 is 3.00 bits per heavy atom. The molecule has 6 heteroatoms. The summed E-state index contributed by atoms with van der Waals surface area (Å²) in [7, 11) is 0. The topological polar surface area (TPSA) is 42.0 Å². The van der Waals surface area contributed by atoms with E-state index in [0.717, 1.165) is 14.4 Å². The maximum absolute atomic E-state index is 10.9. The van der Waals surface area contributed by atoms with Gasteiger partial charge in [0, 0.05) is 6.92 Å². The van der Waals surface area contributed by atoms with Crippen molar-refractivity contribution in [3.05, 3.63) is 21.3 Å². The van der Waals surface area contributed by atoms with Crippen LogP contribution in [0.15, 0.2) is 21.3 Å². The Labute approximate surface area is 103 Å². The molecule has 1 amide bonds. The molecule has 0 spiro atoms. The van der Waals surface area contributed by atoms with Gasteiger partial charge in [-0.3, -0.25) is 4.79 Å². The van der Waals surface area contributed by atoms with Crippen molar-refractivity contribution in [3.63, 3.8) is 0 Å². The summed E-state index contributed by atoms with van der Waals surface area (Å²) in [4.78, 5) is 16.3. The average molecular weight is 303 g/mol. The first-order valence-corrected chi connectivity index (χ1v) is 6.63. The molecular formula is C9H7BrN2OS2. The number of nitrogens with one attached hydrogen (secondary N) is 1. The Bertz CT molecular complexity index is 478. The van der Waals surface area contributed by atoms with Gasteiger partial charge in [0.25, 0.3) is 0 Å². The molecule has 0 aliphatic rings. The highest BCUT2D eigenvalue weighted by Gasteiger charge is 2.12. The number of carbonyl (C=O) groups is 1. The molecule has 0 radical (unpaired) electrons. The Hall–Kier alpha value is -0.720. The van der Waals surface area contributed by atoms with E-state index in [1.54, 1.807) is 11.3 Å². The van der Waals surface area contributed by atoms with Crippen LogP contribution in [0.5, 0.6) is 0 Å². The van der Waals surface area contributed by atoms with Gasteiger partial charge in [-0.05, 0) is 27.4 Å². The predicted octanol–water partition coefficient (Wildman–Crippen LogP) is 3.59. The highest BCUT2D eigenvalue weighted by atomic mass is 79.9. The van der Waals surface area contributed by atoms with Crippen LogP contribution in [0.2, 0.25) is 0 Å².